The Morgan fingerprint density at radius 2 is 1.95 bits per heavy atom. The average molecular weight is 286 g/mol. The molecule has 2 nitrogen and oxygen atoms in total. The average Bonchev–Trinajstić information content (AvgIpc) is 2.47. The first-order valence-electron chi connectivity index (χ1n) is 7.12. The predicted molar refractivity (Wildman–Crippen MR) is 81.1 cm³/mol. The van der Waals surface area contributed by atoms with Crippen molar-refractivity contribution in [3.05, 3.63) is 65.0 Å². The highest BCUT2D eigenvalue weighted by Crippen LogP contribution is 2.23. The molecule has 0 bridgehead atoms. The van der Waals surface area contributed by atoms with Crippen LogP contribution in [0.2, 0.25) is 0 Å². The van der Waals surface area contributed by atoms with Crippen molar-refractivity contribution in [3.8, 4) is 5.75 Å². The molecule has 0 unspecified atom stereocenters. The number of carbonyl (C=O) groups is 1. The topological polar surface area (TPSA) is 26.3 Å². The first-order chi connectivity index (χ1) is 10.1. The molecule has 0 radical (unpaired) electrons. The van der Waals surface area contributed by atoms with Gasteiger partial charge in [-0.05, 0) is 31.5 Å². The van der Waals surface area contributed by atoms with E-state index in [1.165, 1.54) is 6.07 Å². The molecule has 21 heavy (non-hydrogen) atoms. The normalized spacial score (nSPS) is 10.4. The van der Waals surface area contributed by atoms with Gasteiger partial charge in [-0.2, -0.15) is 0 Å². The maximum absolute atomic E-state index is 13.6. The van der Waals surface area contributed by atoms with Gasteiger partial charge < -0.3 is 4.74 Å². The summed E-state index contributed by atoms with van der Waals surface area (Å²) in [6, 6.07) is 12.0. The van der Waals surface area contributed by atoms with Gasteiger partial charge in [0.2, 0.25) is 0 Å². The van der Waals surface area contributed by atoms with Crippen molar-refractivity contribution in [2.75, 3.05) is 0 Å². The van der Waals surface area contributed by atoms with E-state index < -0.39 is 0 Å². The number of hydrogen-bond donors (Lipinski definition) is 0. The fourth-order valence-electron chi connectivity index (χ4n) is 2.12. The fraction of sp³-hybridized carbons (Fsp3) is 0.278. The summed E-state index contributed by atoms with van der Waals surface area (Å²) >= 11 is 0. The van der Waals surface area contributed by atoms with Crippen LogP contribution in [0.15, 0.2) is 42.5 Å². The lowest BCUT2D eigenvalue weighted by molar-refractivity contribution is 0.0977. The number of halogens is 1. The zero-order chi connectivity index (χ0) is 15.2. The molecule has 2 aromatic carbocycles. The van der Waals surface area contributed by atoms with Gasteiger partial charge in [0.05, 0.1) is 5.56 Å². The molecule has 110 valence electrons. The largest absolute Gasteiger partial charge is 0.488 e. The highest BCUT2D eigenvalue weighted by Gasteiger charge is 2.13. The standard InChI is InChI=1S/C18H19FO2/c1-3-6-17(20)15-11-13(2)9-10-18(15)21-12-14-7-4-5-8-16(14)19/h4-5,7-11H,3,6,12H2,1-2H3. The second-order valence-corrected chi connectivity index (χ2v) is 5.05. The van der Waals surface area contributed by atoms with E-state index in [1.54, 1.807) is 24.3 Å². The smallest absolute Gasteiger partial charge is 0.166 e. The number of Topliss-reactive ketones (excluding diaryl/α,β-unsaturated/α-hetero) is 1. The predicted octanol–water partition coefficient (Wildman–Crippen LogP) is 4.70. The second-order valence-electron chi connectivity index (χ2n) is 5.05. The minimum Gasteiger partial charge on any atom is -0.488 e. The first kappa shape index (κ1) is 15.2. The number of benzene rings is 2. The third-order valence-electron chi connectivity index (χ3n) is 3.25. The Morgan fingerprint density at radius 3 is 2.67 bits per heavy atom. The molecule has 0 amide bonds. The van der Waals surface area contributed by atoms with E-state index in [9.17, 15) is 9.18 Å². The van der Waals surface area contributed by atoms with Crippen LogP contribution in [0.25, 0.3) is 0 Å². The van der Waals surface area contributed by atoms with E-state index in [1.807, 2.05) is 26.0 Å². The van der Waals surface area contributed by atoms with Gasteiger partial charge in [0.15, 0.2) is 5.78 Å². The summed E-state index contributed by atoms with van der Waals surface area (Å²) in [6.07, 6.45) is 1.28. The van der Waals surface area contributed by atoms with E-state index in [-0.39, 0.29) is 18.2 Å². The van der Waals surface area contributed by atoms with Crippen molar-refractivity contribution >= 4 is 5.78 Å². The molecular weight excluding hydrogens is 267 g/mol. The summed E-state index contributed by atoms with van der Waals surface area (Å²) in [6.45, 7) is 4.01. The molecule has 0 aliphatic rings. The Kier molecular flexibility index (Phi) is 5.09. The Hall–Kier alpha value is -2.16. The molecule has 0 N–H and O–H groups in total. The molecule has 3 heteroatoms. The summed E-state index contributed by atoms with van der Waals surface area (Å²) in [4.78, 5) is 12.1. The zero-order valence-electron chi connectivity index (χ0n) is 12.4. The van der Waals surface area contributed by atoms with Crippen molar-refractivity contribution in [1.82, 2.24) is 0 Å². The lowest BCUT2D eigenvalue weighted by Crippen LogP contribution is -2.05. The monoisotopic (exact) mass is 286 g/mol. The van der Waals surface area contributed by atoms with Crippen molar-refractivity contribution in [2.24, 2.45) is 0 Å². The highest BCUT2D eigenvalue weighted by molar-refractivity contribution is 5.98. The third kappa shape index (κ3) is 3.91. The molecule has 0 fully saturated rings. The molecule has 2 aromatic rings. The van der Waals surface area contributed by atoms with E-state index in [0.29, 0.717) is 23.3 Å². The molecule has 0 heterocycles. The number of ether oxygens (including phenoxy) is 1. The zero-order valence-corrected chi connectivity index (χ0v) is 12.4. The highest BCUT2D eigenvalue weighted by atomic mass is 19.1. The van der Waals surface area contributed by atoms with E-state index in [2.05, 4.69) is 0 Å². The summed E-state index contributed by atoms with van der Waals surface area (Å²) in [5.41, 5.74) is 2.06. The lowest BCUT2D eigenvalue weighted by atomic mass is 10.0. The molecule has 0 atom stereocenters. The first-order valence-corrected chi connectivity index (χ1v) is 7.12. The van der Waals surface area contributed by atoms with E-state index >= 15 is 0 Å². The third-order valence-corrected chi connectivity index (χ3v) is 3.25. The van der Waals surface area contributed by atoms with E-state index in [4.69, 9.17) is 4.74 Å². The van der Waals surface area contributed by atoms with Crippen molar-refractivity contribution in [1.29, 1.82) is 0 Å². The molecule has 0 spiro atoms. The van der Waals surface area contributed by atoms with Gasteiger partial charge >= 0.3 is 0 Å². The maximum atomic E-state index is 13.6. The van der Waals surface area contributed by atoms with Gasteiger partial charge in [0.1, 0.15) is 18.2 Å². The van der Waals surface area contributed by atoms with Gasteiger partial charge in [-0.25, -0.2) is 4.39 Å². The quantitative estimate of drug-likeness (QED) is 0.720. The number of rotatable bonds is 6. The molecule has 0 aromatic heterocycles. The van der Waals surface area contributed by atoms with Crippen molar-refractivity contribution < 1.29 is 13.9 Å². The van der Waals surface area contributed by atoms with Gasteiger partial charge in [0, 0.05) is 12.0 Å². The van der Waals surface area contributed by atoms with Gasteiger partial charge in [-0.15, -0.1) is 0 Å². The fourth-order valence-corrected chi connectivity index (χ4v) is 2.12. The van der Waals surface area contributed by atoms with Crippen LogP contribution in [0.5, 0.6) is 5.75 Å². The van der Waals surface area contributed by atoms with Crippen LogP contribution in [0.4, 0.5) is 4.39 Å². The van der Waals surface area contributed by atoms with Gasteiger partial charge in [0.25, 0.3) is 0 Å². The Labute approximate surface area is 124 Å². The minimum atomic E-state index is -0.300. The Morgan fingerprint density at radius 1 is 1.19 bits per heavy atom. The van der Waals surface area contributed by atoms with Crippen LogP contribution in [0.3, 0.4) is 0 Å². The van der Waals surface area contributed by atoms with E-state index in [0.717, 1.165) is 12.0 Å². The van der Waals surface area contributed by atoms with Crippen molar-refractivity contribution in [2.45, 2.75) is 33.3 Å². The number of carbonyl (C=O) groups excluding carboxylic acids is 1. The maximum Gasteiger partial charge on any atom is 0.166 e. The Balaban J connectivity index is 2.20. The minimum absolute atomic E-state index is 0.0599. The summed E-state index contributed by atoms with van der Waals surface area (Å²) in [5.74, 6) is 0.276. The molecule has 0 saturated heterocycles. The van der Waals surface area contributed by atoms with Crippen LogP contribution in [-0.2, 0) is 6.61 Å². The number of aryl methyl sites for hydroxylation is 1. The van der Waals surface area contributed by atoms with Crippen LogP contribution in [0, 0.1) is 12.7 Å². The van der Waals surface area contributed by atoms with Crippen LogP contribution >= 0.6 is 0 Å². The SMILES string of the molecule is CCCC(=O)c1cc(C)ccc1OCc1ccccc1F. The van der Waals surface area contributed by atoms with Crippen LogP contribution in [-0.4, -0.2) is 5.78 Å². The lowest BCUT2D eigenvalue weighted by Gasteiger charge is -2.12. The van der Waals surface area contributed by atoms with Gasteiger partial charge in [-0.1, -0.05) is 36.8 Å². The van der Waals surface area contributed by atoms with Crippen LogP contribution in [0.1, 0.15) is 41.3 Å². The van der Waals surface area contributed by atoms with Gasteiger partial charge in [-0.3, -0.25) is 4.79 Å². The molecular formula is C18H19FO2. The summed E-state index contributed by atoms with van der Waals surface area (Å²) < 4.78 is 19.3. The van der Waals surface area contributed by atoms with Crippen molar-refractivity contribution in [3.63, 3.8) is 0 Å². The number of hydrogen-bond acceptors (Lipinski definition) is 2. The second kappa shape index (κ2) is 7.02. The number of ketones is 1. The molecule has 0 aliphatic heterocycles. The summed E-state index contributed by atoms with van der Waals surface area (Å²) in [7, 11) is 0. The molecule has 0 aliphatic carbocycles. The molecule has 0 saturated carbocycles. The Bertz CT molecular complexity index is 635. The van der Waals surface area contributed by atoms with Crippen LogP contribution < -0.4 is 4.74 Å². The summed E-state index contributed by atoms with van der Waals surface area (Å²) in [5, 5.41) is 0. The molecule has 2 rings (SSSR count).